The van der Waals surface area contributed by atoms with Gasteiger partial charge in [0.1, 0.15) is 6.61 Å². The van der Waals surface area contributed by atoms with Crippen molar-refractivity contribution in [2.45, 2.75) is 19.4 Å². The average molecular weight is 229 g/mol. The number of aliphatic hydroxyl groups is 1. The van der Waals surface area contributed by atoms with Crippen LogP contribution in [0.15, 0.2) is 0 Å². The highest BCUT2D eigenvalue weighted by Crippen LogP contribution is 2.09. The second-order valence-electron chi connectivity index (χ2n) is 3.90. The van der Waals surface area contributed by atoms with Crippen LogP contribution < -0.4 is 5.73 Å². The molecule has 1 unspecified atom stereocenters. The normalized spacial score (nSPS) is 19.5. The monoisotopic (exact) mass is 229 g/mol. The summed E-state index contributed by atoms with van der Waals surface area (Å²) in [4.78, 5) is 26.0. The van der Waals surface area contributed by atoms with Crippen molar-refractivity contribution in [3.8, 4) is 0 Å². The standard InChI is InChI=1S/C10H19N3O3/c1-2-8(10(11)16)12-3-5-13(6-4-12)9(15)7-14/h8,14H,2-7H2,1H3,(H2,11,16). The highest BCUT2D eigenvalue weighted by atomic mass is 16.3. The molecule has 0 bridgehead atoms. The van der Waals surface area contributed by atoms with E-state index < -0.39 is 6.61 Å². The molecule has 92 valence electrons. The summed E-state index contributed by atoms with van der Waals surface area (Å²) in [7, 11) is 0. The molecule has 1 rings (SSSR count). The molecule has 0 saturated carbocycles. The van der Waals surface area contributed by atoms with Gasteiger partial charge in [-0.1, -0.05) is 6.92 Å². The lowest BCUT2D eigenvalue weighted by atomic mass is 10.1. The molecule has 1 fully saturated rings. The fourth-order valence-electron chi connectivity index (χ4n) is 2.02. The zero-order valence-corrected chi connectivity index (χ0v) is 9.56. The molecule has 0 aromatic heterocycles. The molecule has 0 aromatic carbocycles. The van der Waals surface area contributed by atoms with Gasteiger partial charge in [-0.2, -0.15) is 0 Å². The summed E-state index contributed by atoms with van der Waals surface area (Å²) in [5.74, 6) is -0.573. The molecule has 2 amide bonds. The number of aliphatic hydroxyl groups excluding tert-OH is 1. The Labute approximate surface area is 95.0 Å². The molecular formula is C10H19N3O3. The van der Waals surface area contributed by atoms with Crippen molar-refractivity contribution in [3.05, 3.63) is 0 Å². The minimum absolute atomic E-state index is 0.244. The molecular weight excluding hydrogens is 210 g/mol. The predicted octanol–water partition coefficient (Wildman–Crippen LogP) is -1.61. The van der Waals surface area contributed by atoms with E-state index in [0.29, 0.717) is 32.6 Å². The average Bonchev–Trinajstić information content (AvgIpc) is 2.29. The molecule has 0 aromatic rings. The van der Waals surface area contributed by atoms with Crippen LogP contribution in [0.5, 0.6) is 0 Å². The van der Waals surface area contributed by atoms with E-state index in [4.69, 9.17) is 10.8 Å². The molecule has 6 heteroatoms. The molecule has 1 saturated heterocycles. The summed E-state index contributed by atoms with van der Waals surface area (Å²) in [6, 6.07) is -0.244. The lowest BCUT2D eigenvalue weighted by molar-refractivity contribution is -0.136. The summed E-state index contributed by atoms with van der Waals surface area (Å²) in [6.07, 6.45) is 0.684. The summed E-state index contributed by atoms with van der Waals surface area (Å²) in [5.41, 5.74) is 5.30. The quantitative estimate of drug-likeness (QED) is 0.607. The maximum atomic E-state index is 11.2. The number of primary amides is 1. The van der Waals surface area contributed by atoms with E-state index in [2.05, 4.69) is 0 Å². The van der Waals surface area contributed by atoms with Crippen molar-refractivity contribution in [1.82, 2.24) is 9.80 Å². The molecule has 3 N–H and O–H groups in total. The second kappa shape index (κ2) is 5.81. The fraction of sp³-hybridized carbons (Fsp3) is 0.800. The van der Waals surface area contributed by atoms with Crippen LogP contribution in [0.3, 0.4) is 0 Å². The third-order valence-electron chi connectivity index (χ3n) is 2.96. The van der Waals surface area contributed by atoms with Crippen LogP contribution >= 0.6 is 0 Å². The number of amides is 2. The van der Waals surface area contributed by atoms with Crippen LogP contribution in [0.25, 0.3) is 0 Å². The van der Waals surface area contributed by atoms with E-state index in [0.717, 1.165) is 0 Å². The number of rotatable bonds is 4. The van der Waals surface area contributed by atoms with Gasteiger partial charge in [-0.15, -0.1) is 0 Å². The van der Waals surface area contributed by atoms with E-state index in [-0.39, 0.29) is 17.9 Å². The molecule has 0 spiro atoms. The number of nitrogens with zero attached hydrogens (tertiary/aromatic N) is 2. The Bertz CT molecular complexity index is 262. The van der Waals surface area contributed by atoms with Crippen molar-refractivity contribution in [3.63, 3.8) is 0 Å². The molecule has 1 aliphatic rings. The summed E-state index contributed by atoms with van der Waals surface area (Å²) < 4.78 is 0. The Morgan fingerprint density at radius 3 is 2.25 bits per heavy atom. The zero-order valence-electron chi connectivity index (χ0n) is 9.56. The minimum atomic E-state index is -0.451. The van der Waals surface area contributed by atoms with Gasteiger partial charge < -0.3 is 15.7 Å². The first-order valence-corrected chi connectivity index (χ1v) is 5.52. The summed E-state index contributed by atoms with van der Waals surface area (Å²) in [5, 5.41) is 8.72. The van der Waals surface area contributed by atoms with Gasteiger partial charge in [-0.3, -0.25) is 14.5 Å². The smallest absolute Gasteiger partial charge is 0.248 e. The molecule has 16 heavy (non-hydrogen) atoms. The summed E-state index contributed by atoms with van der Waals surface area (Å²) in [6.45, 7) is 3.82. The Morgan fingerprint density at radius 1 is 1.31 bits per heavy atom. The Hall–Kier alpha value is -1.14. The number of piperazine rings is 1. The van der Waals surface area contributed by atoms with Gasteiger partial charge in [0, 0.05) is 26.2 Å². The molecule has 1 heterocycles. The number of carbonyl (C=O) groups is 2. The molecule has 1 atom stereocenters. The van der Waals surface area contributed by atoms with Gasteiger partial charge in [0.15, 0.2) is 0 Å². The van der Waals surface area contributed by atoms with Crippen LogP contribution in [-0.2, 0) is 9.59 Å². The van der Waals surface area contributed by atoms with Gasteiger partial charge in [-0.25, -0.2) is 0 Å². The Balaban J connectivity index is 2.47. The third-order valence-corrected chi connectivity index (χ3v) is 2.96. The topological polar surface area (TPSA) is 86.9 Å². The molecule has 0 aliphatic carbocycles. The first kappa shape index (κ1) is 12.9. The van der Waals surface area contributed by atoms with Crippen LogP contribution in [0.4, 0.5) is 0 Å². The number of nitrogens with two attached hydrogens (primary N) is 1. The molecule has 6 nitrogen and oxygen atoms in total. The lowest BCUT2D eigenvalue weighted by Crippen LogP contribution is -2.55. The Kier molecular flexibility index (Phi) is 4.70. The van der Waals surface area contributed by atoms with Crippen LogP contribution in [0.2, 0.25) is 0 Å². The maximum Gasteiger partial charge on any atom is 0.248 e. The first-order chi connectivity index (χ1) is 7.60. The maximum absolute atomic E-state index is 11.2. The molecule has 0 radical (unpaired) electrons. The second-order valence-corrected chi connectivity index (χ2v) is 3.90. The van der Waals surface area contributed by atoms with Gasteiger partial charge in [-0.05, 0) is 6.42 Å². The van der Waals surface area contributed by atoms with E-state index in [1.54, 1.807) is 4.90 Å². The highest BCUT2D eigenvalue weighted by molar-refractivity contribution is 5.80. The van der Waals surface area contributed by atoms with Gasteiger partial charge in [0.25, 0.3) is 0 Å². The van der Waals surface area contributed by atoms with Gasteiger partial charge in [0.05, 0.1) is 6.04 Å². The van der Waals surface area contributed by atoms with Crippen LogP contribution in [0, 0.1) is 0 Å². The largest absolute Gasteiger partial charge is 0.387 e. The first-order valence-electron chi connectivity index (χ1n) is 5.52. The fourth-order valence-corrected chi connectivity index (χ4v) is 2.02. The van der Waals surface area contributed by atoms with E-state index >= 15 is 0 Å². The van der Waals surface area contributed by atoms with Crippen molar-refractivity contribution < 1.29 is 14.7 Å². The van der Waals surface area contributed by atoms with Crippen LogP contribution in [-0.4, -0.2) is 65.5 Å². The zero-order chi connectivity index (χ0) is 12.1. The number of carbonyl (C=O) groups excluding carboxylic acids is 2. The summed E-state index contributed by atoms with van der Waals surface area (Å²) >= 11 is 0. The highest BCUT2D eigenvalue weighted by Gasteiger charge is 2.27. The third kappa shape index (κ3) is 2.93. The number of hydrogen-bond acceptors (Lipinski definition) is 4. The van der Waals surface area contributed by atoms with Crippen molar-refractivity contribution in [2.75, 3.05) is 32.8 Å². The lowest BCUT2D eigenvalue weighted by Gasteiger charge is -2.37. The van der Waals surface area contributed by atoms with E-state index in [1.807, 2.05) is 11.8 Å². The van der Waals surface area contributed by atoms with E-state index in [9.17, 15) is 9.59 Å². The van der Waals surface area contributed by atoms with Gasteiger partial charge >= 0.3 is 0 Å². The van der Waals surface area contributed by atoms with Crippen molar-refractivity contribution in [2.24, 2.45) is 5.73 Å². The van der Waals surface area contributed by atoms with E-state index in [1.165, 1.54) is 0 Å². The molecule has 1 aliphatic heterocycles. The van der Waals surface area contributed by atoms with Gasteiger partial charge in [0.2, 0.25) is 11.8 Å². The Morgan fingerprint density at radius 2 is 1.88 bits per heavy atom. The minimum Gasteiger partial charge on any atom is -0.387 e. The van der Waals surface area contributed by atoms with Crippen molar-refractivity contribution in [1.29, 1.82) is 0 Å². The van der Waals surface area contributed by atoms with Crippen molar-refractivity contribution >= 4 is 11.8 Å². The SMILES string of the molecule is CCC(C(N)=O)N1CCN(C(=O)CO)CC1. The number of hydrogen-bond donors (Lipinski definition) is 2. The predicted molar refractivity (Wildman–Crippen MR) is 58.5 cm³/mol. The van der Waals surface area contributed by atoms with Crippen LogP contribution in [0.1, 0.15) is 13.3 Å².